The average molecular weight is 258 g/mol. The zero-order valence-corrected chi connectivity index (χ0v) is 10.5. The van der Waals surface area contributed by atoms with Crippen LogP contribution in [0, 0.1) is 0 Å². The van der Waals surface area contributed by atoms with Gasteiger partial charge >= 0.3 is 12.0 Å². The second kappa shape index (κ2) is 5.62. The fourth-order valence-corrected chi connectivity index (χ4v) is 3.47. The van der Waals surface area contributed by atoms with Gasteiger partial charge in [0.15, 0.2) is 0 Å². The first-order valence-electron chi connectivity index (χ1n) is 6.06. The van der Waals surface area contributed by atoms with Gasteiger partial charge in [-0.1, -0.05) is 0 Å². The SMILES string of the molecule is O=C(O)C1CCCN1C(=O)NC1CCSCC1. The van der Waals surface area contributed by atoms with Crippen molar-refractivity contribution in [1.82, 2.24) is 10.2 Å². The topological polar surface area (TPSA) is 69.6 Å². The molecule has 0 aliphatic carbocycles. The number of carbonyl (C=O) groups is 2. The van der Waals surface area contributed by atoms with Crippen LogP contribution in [0.3, 0.4) is 0 Å². The fourth-order valence-electron chi connectivity index (χ4n) is 2.37. The number of likely N-dealkylation sites (tertiary alicyclic amines) is 1. The maximum atomic E-state index is 12.0. The summed E-state index contributed by atoms with van der Waals surface area (Å²) in [6, 6.07) is -0.612. The lowest BCUT2D eigenvalue weighted by atomic mass is 10.1. The Balaban J connectivity index is 1.88. The van der Waals surface area contributed by atoms with Crippen molar-refractivity contribution in [3.8, 4) is 0 Å². The molecule has 0 saturated carbocycles. The number of carboxylic acid groups (broad SMARTS) is 1. The predicted octanol–water partition coefficient (Wildman–Crippen LogP) is 1.14. The Labute approximate surface area is 105 Å². The summed E-state index contributed by atoms with van der Waals surface area (Å²) in [4.78, 5) is 24.4. The Hall–Kier alpha value is -0.910. The summed E-state index contributed by atoms with van der Waals surface area (Å²) in [5, 5.41) is 12.0. The highest BCUT2D eigenvalue weighted by atomic mass is 32.2. The van der Waals surface area contributed by atoms with Crippen LogP contribution in [0.1, 0.15) is 25.7 Å². The van der Waals surface area contributed by atoms with Crippen LogP contribution in [0.5, 0.6) is 0 Å². The van der Waals surface area contributed by atoms with Gasteiger partial charge in [0.25, 0.3) is 0 Å². The van der Waals surface area contributed by atoms with Crippen LogP contribution in [0.2, 0.25) is 0 Å². The van der Waals surface area contributed by atoms with Crippen LogP contribution in [0.15, 0.2) is 0 Å². The van der Waals surface area contributed by atoms with Crippen molar-refractivity contribution in [2.45, 2.75) is 37.8 Å². The highest BCUT2D eigenvalue weighted by Crippen LogP contribution is 2.20. The summed E-state index contributed by atoms with van der Waals surface area (Å²) < 4.78 is 0. The lowest BCUT2D eigenvalue weighted by molar-refractivity contribution is -0.141. The number of nitrogens with zero attached hydrogens (tertiary/aromatic N) is 1. The number of urea groups is 1. The summed E-state index contributed by atoms with van der Waals surface area (Å²) >= 11 is 1.90. The van der Waals surface area contributed by atoms with Gasteiger partial charge < -0.3 is 15.3 Å². The second-order valence-corrected chi connectivity index (χ2v) is 5.75. The number of hydrogen-bond acceptors (Lipinski definition) is 3. The van der Waals surface area contributed by atoms with Crippen LogP contribution >= 0.6 is 11.8 Å². The van der Waals surface area contributed by atoms with E-state index in [1.807, 2.05) is 11.8 Å². The lowest BCUT2D eigenvalue weighted by Crippen LogP contribution is -2.49. The van der Waals surface area contributed by atoms with E-state index in [2.05, 4.69) is 5.32 Å². The molecule has 2 aliphatic rings. The Morgan fingerprint density at radius 2 is 1.94 bits per heavy atom. The van der Waals surface area contributed by atoms with E-state index in [9.17, 15) is 9.59 Å². The molecule has 0 aromatic heterocycles. The molecule has 0 aromatic carbocycles. The van der Waals surface area contributed by atoms with Gasteiger partial charge in [-0.25, -0.2) is 9.59 Å². The zero-order valence-electron chi connectivity index (χ0n) is 9.72. The van der Waals surface area contributed by atoms with Gasteiger partial charge in [-0.05, 0) is 37.2 Å². The predicted molar refractivity (Wildman–Crippen MR) is 66.2 cm³/mol. The third kappa shape index (κ3) is 3.06. The number of thioether (sulfide) groups is 1. The molecule has 1 atom stereocenters. The quantitative estimate of drug-likeness (QED) is 0.779. The third-order valence-corrected chi connectivity index (χ3v) is 4.40. The molecular formula is C11H18N2O3S. The Morgan fingerprint density at radius 1 is 1.24 bits per heavy atom. The summed E-state index contributed by atoms with van der Waals surface area (Å²) in [6.45, 7) is 0.560. The van der Waals surface area contributed by atoms with Gasteiger partial charge in [0, 0.05) is 12.6 Å². The molecule has 2 rings (SSSR count). The van der Waals surface area contributed by atoms with E-state index in [1.165, 1.54) is 4.90 Å². The number of aliphatic carboxylic acids is 1. The summed E-state index contributed by atoms with van der Waals surface area (Å²) in [6.07, 6.45) is 3.33. The molecule has 2 amide bonds. The summed E-state index contributed by atoms with van der Waals surface area (Å²) in [7, 11) is 0. The minimum atomic E-state index is -0.892. The van der Waals surface area contributed by atoms with Gasteiger partial charge in [0.1, 0.15) is 6.04 Å². The first-order chi connectivity index (χ1) is 8.18. The van der Waals surface area contributed by atoms with Crippen molar-refractivity contribution in [2.75, 3.05) is 18.1 Å². The van der Waals surface area contributed by atoms with Crippen LogP contribution < -0.4 is 5.32 Å². The van der Waals surface area contributed by atoms with E-state index in [4.69, 9.17) is 5.11 Å². The standard InChI is InChI=1S/C11H18N2O3S/c14-10(15)9-2-1-5-13(9)11(16)12-8-3-6-17-7-4-8/h8-9H,1-7H2,(H,12,16)(H,14,15). The maximum absolute atomic E-state index is 12.0. The molecule has 17 heavy (non-hydrogen) atoms. The normalized spacial score (nSPS) is 25.9. The van der Waals surface area contributed by atoms with Gasteiger partial charge in [0.2, 0.25) is 0 Å². The third-order valence-electron chi connectivity index (χ3n) is 3.35. The number of amides is 2. The van der Waals surface area contributed by atoms with E-state index in [0.717, 1.165) is 30.8 Å². The van der Waals surface area contributed by atoms with Crippen molar-refractivity contribution >= 4 is 23.8 Å². The van der Waals surface area contributed by atoms with E-state index >= 15 is 0 Å². The van der Waals surface area contributed by atoms with Crippen molar-refractivity contribution < 1.29 is 14.7 Å². The largest absolute Gasteiger partial charge is 0.480 e. The van der Waals surface area contributed by atoms with E-state index in [-0.39, 0.29) is 12.1 Å². The first kappa shape index (κ1) is 12.5. The summed E-state index contributed by atoms with van der Waals surface area (Å²) in [5.74, 6) is 1.26. The van der Waals surface area contributed by atoms with Crippen LogP contribution in [-0.2, 0) is 4.79 Å². The van der Waals surface area contributed by atoms with Crippen molar-refractivity contribution in [2.24, 2.45) is 0 Å². The molecule has 0 radical (unpaired) electrons. The fraction of sp³-hybridized carbons (Fsp3) is 0.818. The van der Waals surface area contributed by atoms with E-state index in [0.29, 0.717) is 13.0 Å². The molecule has 2 N–H and O–H groups in total. The smallest absolute Gasteiger partial charge is 0.326 e. The van der Waals surface area contributed by atoms with Crippen LogP contribution in [-0.4, -0.2) is 52.1 Å². The Kier molecular flexibility index (Phi) is 4.15. The molecule has 2 fully saturated rings. The van der Waals surface area contributed by atoms with E-state index < -0.39 is 12.0 Å². The zero-order chi connectivity index (χ0) is 12.3. The molecule has 6 heteroatoms. The van der Waals surface area contributed by atoms with Crippen LogP contribution in [0.25, 0.3) is 0 Å². The van der Waals surface area contributed by atoms with E-state index in [1.54, 1.807) is 0 Å². The van der Waals surface area contributed by atoms with Crippen molar-refractivity contribution in [3.63, 3.8) is 0 Å². The minimum Gasteiger partial charge on any atom is -0.480 e. The molecule has 96 valence electrons. The number of rotatable bonds is 2. The number of hydrogen-bond donors (Lipinski definition) is 2. The number of carboxylic acids is 1. The van der Waals surface area contributed by atoms with Gasteiger partial charge in [0.05, 0.1) is 0 Å². The number of nitrogens with one attached hydrogen (secondary N) is 1. The second-order valence-electron chi connectivity index (χ2n) is 4.53. The molecule has 0 bridgehead atoms. The minimum absolute atomic E-state index is 0.202. The molecule has 1 unspecified atom stereocenters. The molecule has 2 aliphatic heterocycles. The maximum Gasteiger partial charge on any atom is 0.326 e. The molecule has 2 heterocycles. The van der Waals surface area contributed by atoms with Gasteiger partial charge in [-0.2, -0.15) is 11.8 Å². The lowest BCUT2D eigenvalue weighted by Gasteiger charge is -2.27. The van der Waals surface area contributed by atoms with Crippen molar-refractivity contribution in [3.05, 3.63) is 0 Å². The molecule has 2 saturated heterocycles. The molecular weight excluding hydrogens is 240 g/mol. The first-order valence-corrected chi connectivity index (χ1v) is 7.21. The van der Waals surface area contributed by atoms with Gasteiger partial charge in [-0.15, -0.1) is 0 Å². The summed E-state index contributed by atoms with van der Waals surface area (Å²) in [5.41, 5.74) is 0. The molecule has 5 nitrogen and oxygen atoms in total. The molecule has 0 aromatic rings. The van der Waals surface area contributed by atoms with Gasteiger partial charge in [-0.3, -0.25) is 0 Å². The highest BCUT2D eigenvalue weighted by molar-refractivity contribution is 7.99. The Morgan fingerprint density at radius 3 is 2.59 bits per heavy atom. The van der Waals surface area contributed by atoms with Crippen LogP contribution in [0.4, 0.5) is 4.79 Å². The number of carbonyl (C=O) groups excluding carboxylic acids is 1. The molecule has 0 spiro atoms. The Bertz CT molecular complexity index is 305. The van der Waals surface area contributed by atoms with Crippen molar-refractivity contribution in [1.29, 1.82) is 0 Å². The monoisotopic (exact) mass is 258 g/mol. The average Bonchev–Trinajstić information content (AvgIpc) is 2.79. The highest BCUT2D eigenvalue weighted by Gasteiger charge is 2.34.